The van der Waals surface area contributed by atoms with E-state index < -0.39 is 5.91 Å². The van der Waals surface area contributed by atoms with Crippen LogP contribution in [0.3, 0.4) is 0 Å². The number of benzene rings is 1. The van der Waals surface area contributed by atoms with Crippen LogP contribution in [-0.2, 0) is 4.74 Å². The van der Waals surface area contributed by atoms with E-state index in [1.54, 1.807) is 25.3 Å². The molecule has 1 amide bonds. The lowest BCUT2D eigenvalue weighted by Crippen LogP contribution is -2.25. The van der Waals surface area contributed by atoms with Crippen LogP contribution in [0.4, 0.5) is 5.69 Å². The Morgan fingerprint density at radius 1 is 1.50 bits per heavy atom. The van der Waals surface area contributed by atoms with Gasteiger partial charge in [0.2, 0.25) is 5.91 Å². The van der Waals surface area contributed by atoms with Crippen molar-refractivity contribution in [3.63, 3.8) is 0 Å². The van der Waals surface area contributed by atoms with Gasteiger partial charge in [-0.3, -0.25) is 4.79 Å². The minimum atomic E-state index is -0.521. The third-order valence-electron chi connectivity index (χ3n) is 2.84. The van der Waals surface area contributed by atoms with Crippen LogP contribution in [0.25, 0.3) is 0 Å². The smallest absolute Gasteiger partial charge is 0.250 e. The number of ether oxygens (including phenoxy) is 1. The van der Waals surface area contributed by atoms with Crippen LogP contribution in [0.15, 0.2) is 18.2 Å². The fourth-order valence-corrected chi connectivity index (χ4v) is 1.71. The third kappa shape index (κ3) is 4.20. The average molecular weight is 271 g/mol. The van der Waals surface area contributed by atoms with Crippen molar-refractivity contribution >= 4 is 23.2 Å². The number of hydrogen-bond acceptors (Lipinski definition) is 3. The zero-order chi connectivity index (χ0) is 13.8. The summed E-state index contributed by atoms with van der Waals surface area (Å²) in [6.07, 6.45) is 0.860. The van der Waals surface area contributed by atoms with Crippen molar-refractivity contribution in [1.29, 1.82) is 0 Å². The molecule has 5 heteroatoms. The highest BCUT2D eigenvalue weighted by Gasteiger charge is 2.15. The summed E-state index contributed by atoms with van der Waals surface area (Å²) >= 11 is 5.95. The Labute approximate surface area is 112 Å². The van der Waals surface area contributed by atoms with Crippen LogP contribution in [0.1, 0.15) is 30.6 Å². The van der Waals surface area contributed by atoms with Gasteiger partial charge in [0.05, 0.1) is 16.2 Å². The summed E-state index contributed by atoms with van der Waals surface area (Å²) in [4.78, 5) is 11.0. The van der Waals surface area contributed by atoms with Gasteiger partial charge in [-0.05, 0) is 38.5 Å². The second kappa shape index (κ2) is 6.07. The van der Waals surface area contributed by atoms with E-state index >= 15 is 0 Å². The molecule has 0 radical (unpaired) electrons. The molecule has 4 nitrogen and oxygen atoms in total. The lowest BCUT2D eigenvalue weighted by Gasteiger charge is -2.23. The molecule has 0 unspecified atom stereocenters. The lowest BCUT2D eigenvalue weighted by atomic mass is 10.1. The second-order valence-corrected chi connectivity index (χ2v) is 5.11. The predicted molar refractivity (Wildman–Crippen MR) is 74.2 cm³/mol. The summed E-state index contributed by atoms with van der Waals surface area (Å²) in [5.74, 6) is -0.521. The molecule has 18 heavy (non-hydrogen) atoms. The molecule has 1 rings (SSSR count). The number of methoxy groups -OCH3 is 1. The molecule has 0 saturated carbocycles. The quantitative estimate of drug-likeness (QED) is 0.835. The van der Waals surface area contributed by atoms with Crippen molar-refractivity contribution in [3.8, 4) is 0 Å². The van der Waals surface area contributed by atoms with Crippen molar-refractivity contribution in [3.05, 3.63) is 28.8 Å². The number of rotatable bonds is 6. The van der Waals surface area contributed by atoms with E-state index in [0.717, 1.165) is 18.7 Å². The molecule has 0 aliphatic carbocycles. The van der Waals surface area contributed by atoms with Crippen LogP contribution in [-0.4, -0.2) is 25.2 Å². The fraction of sp³-hybridized carbons (Fsp3) is 0.462. The molecule has 0 saturated heterocycles. The molecule has 0 spiro atoms. The van der Waals surface area contributed by atoms with E-state index in [1.165, 1.54) is 0 Å². The monoisotopic (exact) mass is 270 g/mol. The minimum absolute atomic E-state index is 0.163. The molecule has 1 aromatic rings. The van der Waals surface area contributed by atoms with Crippen LogP contribution in [0, 0.1) is 0 Å². The molecule has 0 aliphatic rings. The SMILES string of the molecule is COC(C)(C)CCNc1ccc(C(N)=O)c(Cl)c1. The third-order valence-corrected chi connectivity index (χ3v) is 3.16. The maximum absolute atomic E-state index is 11.0. The molecule has 100 valence electrons. The Morgan fingerprint density at radius 2 is 2.17 bits per heavy atom. The maximum atomic E-state index is 11.0. The second-order valence-electron chi connectivity index (χ2n) is 4.70. The molecule has 0 fully saturated rings. The van der Waals surface area contributed by atoms with E-state index in [1.807, 2.05) is 13.8 Å². The van der Waals surface area contributed by atoms with Gasteiger partial charge in [-0.15, -0.1) is 0 Å². The minimum Gasteiger partial charge on any atom is -0.385 e. The van der Waals surface area contributed by atoms with Gasteiger partial charge in [-0.2, -0.15) is 0 Å². The normalized spacial score (nSPS) is 11.3. The number of halogens is 1. The molecule has 3 N–H and O–H groups in total. The molecule has 1 aromatic carbocycles. The number of anilines is 1. The fourth-order valence-electron chi connectivity index (χ4n) is 1.43. The number of carbonyl (C=O) groups is 1. The molecule has 0 aliphatic heterocycles. The first-order valence-electron chi connectivity index (χ1n) is 5.74. The van der Waals surface area contributed by atoms with Gasteiger partial charge in [0.15, 0.2) is 0 Å². The number of amides is 1. The van der Waals surface area contributed by atoms with Crippen molar-refractivity contribution in [2.75, 3.05) is 19.0 Å². The van der Waals surface area contributed by atoms with Crippen LogP contribution in [0.5, 0.6) is 0 Å². The zero-order valence-corrected chi connectivity index (χ0v) is 11.7. The molecule has 0 bridgehead atoms. The highest BCUT2D eigenvalue weighted by molar-refractivity contribution is 6.34. The first kappa shape index (κ1) is 14.8. The van der Waals surface area contributed by atoms with Gasteiger partial charge in [0.25, 0.3) is 0 Å². The summed E-state index contributed by atoms with van der Waals surface area (Å²) in [7, 11) is 1.69. The summed E-state index contributed by atoms with van der Waals surface area (Å²) in [5.41, 5.74) is 6.21. The van der Waals surface area contributed by atoms with Crippen molar-refractivity contribution in [1.82, 2.24) is 0 Å². The van der Waals surface area contributed by atoms with Crippen LogP contribution >= 0.6 is 11.6 Å². The van der Waals surface area contributed by atoms with E-state index in [-0.39, 0.29) is 5.60 Å². The predicted octanol–water partition coefficient (Wildman–Crippen LogP) is 2.67. The number of primary amides is 1. The Balaban J connectivity index is 2.59. The number of nitrogens with two attached hydrogens (primary N) is 1. The number of nitrogens with one attached hydrogen (secondary N) is 1. The Hall–Kier alpha value is -1.26. The zero-order valence-electron chi connectivity index (χ0n) is 10.9. The van der Waals surface area contributed by atoms with E-state index in [0.29, 0.717) is 10.6 Å². The topological polar surface area (TPSA) is 64.3 Å². The van der Waals surface area contributed by atoms with Gasteiger partial charge in [-0.1, -0.05) is 11.6 Å². The highest BCUT2D eigenvalue weighted by Crippen LogP contribution is 2.21. The summed E-state index contributed by atoms with van der Waals surface area (Å²) in [6.45, 7) is 4.81. The standard InChI is InChI=1S/C13H19ClN2O2/c1-13(2,18-3)6-7-16-9-4-5-10(12(15)17)11(14)8-9/h4-5,8,16H,6-7H2,1-3H3,(H2,15,17). The van der Waals surface area contributed by atoms with Crippen molar-refractivity contribution in [2.45, 2.75) is 25.9 Å². The van der Waals surface area contributed by atoms with E-state index in [9.17, 15) is 4.79 Å². The van der Waals surface area contributed by atoms with E-state index in [2.05, 4.69) is 5.32 Å². The average Bonchev–Trinajstić information content (AvgIpc) is 2.28. The molecular weight excluding hydrogens is 252 g/mol. The summed E-state index contributed by atoms with van der Waals surface area (Å²) < 4.78 is 5.32. The van der Waals surface area contributed by atoms with Crippen molar-refractivity contribution in [2.24, 2.45) is 5.73 Å². The summed E-state index contributed by atoms with van der Waals surface area (Å²) in [5, 5.41) is 3.59. The van der Waals surface area contributed by atoms with Gasteiger partial charge in [0, 0.05) is 19.3 Å². The Kier molecular flexibility index (Phi) is 4.99. The van der Waals surface area contributed by atoms with Crippen LogP contribution in [0.2, 0.25) is 5.02 Å². The van der Waals surface area contributed by atoms with Crippen molar-refractivity contribution < 1.29 is 9.53 Å². The number of hydrogen-bond donors (Lipinski definition) is 2. The highest BCUT2D eigenvalue weighted by atomic mass is 35.5. The summed E-state index contributed by atoms with van der Waals surface area (Å²) in [6, 6.07) is 5.10. The number of carbonyl (C=O) groups excluding carboxylic acids is 1. The van der Waals surface area contributed by atoms with Gasteiger partial charge < -0.3 is 15.8 Å². The first-order chi connectivity index (χ1) is 8.35. The largest absolute Gasteiger partial charge is 0.385 e. The Morgan fingerprint density at radius 3 is 2.67 bits per heavy atom. The van der Waals surface area contributed by atoms with E-state index in [4.69, 9.17) is 22.1 Å². The van der Waals surface area contributed by atoms with Gasteiger partial charge in [-0.25, -0.2) is 0 Å². The molecule has 0 atom stereocenters. The Bertz CT molecular complexity index is 433. The maximum Gasteiger partial charge on any atom is 0.250 e. The molecule has 0 heterocycles. The molecule has 0 aromatic heterocycles. The lowest BCUT2D eigenvalue weighted by molar-refractivity contribution is 0.0185. The van der Waals surface area contributed by atoms with Gasteiger partial charge in [0.1, 0.15) is 0 Å². The van der Waals surface area contributed by atoms with Gasteiger partial charge >= 0.3 is 0 Å². The van der Waals surface area contributed by atoms with Crippen LogP contribution < -0.4 is 11.1 Å². The first-order valence-corrected chi connectivity index (χ1v) is 6.12. The molecular formula is C13H19ClN2O2.